The Morgan fingerprint density at radius 3 is 2.67 bits per heavy atom. The zero-order chi connectivity index (χ0) is 23.6. The summed E-state index contributed by atoms with van der Waals surface area (Å²) in [6, 6.07) is 14.6. The average molecular weight is 485 g/mol. The second-order valence-electron chi connectivity index (χ2n) is 7.85. The van der Waals surface area contributed by atoms with E-state index in [1.165, 1.54) is 47.7 Å². The number of anilines is 1. The zero-order valence-electron chi connectivity index (χ0n) is 17.5. The van der Waals surface area contributed by atoms with E-state index in [-0.39, 0.29) is 29.1 Å². The molecular weight excluding hydrogens is 463 g/mol. The first-order valence-corrected chi connectivity index (χ1v) is 12.5. The van der Waals surface area contributed by atoms with Crippen LogP contribution >= 0.6 is 11.3 Å². The van der Waals surface area contributed by atoms with Gasteiger partial charge in [0.05, 0.1) is 16.9 Å². The van der Waals surface area contributed by atoms with Gasteiger partial charge in [0.1, 0.15) is 16.9 Å². The Kier molecular flexibility index (Phi) is 6.58. The van der Waals surface area contributed by atoms with Gasteiger partial charge in [-0.2, -0.15) is 5.26 Å². The van der Waals surface area contributed by atoms with Gasteiger partial charge >= 0.3 is 0 Å². The van der Waals surface area contributed by atoms with Gasteiger partial charge in [0.2, 0.25) is 15.9 Å². The van der Waals surface area contributed by atoms with Gasteiger partial charge in [0.25, 0.3) is 0 Å². The number of halogens is 1. The Labute approximate surface area is 195 Å². The van der Waals surface area contributed by atoms with Crippen LogP contribution < -0.4 is 15.8 Å². The molecule has 10 heteroatoms. The molecule has 1 amide bonds. The van der Waals surface area contributed by atoms with Crippen LogP contribution in [0.4, 0.5) is 9.39 Å². The molecule has 0 aliphatic carbocycles. The number of amides is 1. The van der Waals surface area contributed by atoms with Crippen LogP contribution in [0.1, 0.15) is 27.1 Å². The zero-order valence-corrected chi connectivity index (χ0v) is 19.1. The van der Waals surface area contributed by atoms with Gasteiger partial charge < -0.3 is 10.6 Å². The maximum atomic E-state index is 13.5. The first-order valence-electron chi connectivity index (χ1n) is 10.2. The topological polar surface area (TPSA) is 125 Å². The summed E-state index contributed by atoms with van der Waals surface area (Å²) in [5, 5.41) is 21.5. The molecule has 0 saturated heterocycles. The van der Waals surface area contributed by atoms with Crippen molar-refractivity contribution in [2.75, 3.05) is 5.32 Å². The molecule has 0 fully saturated rings. The third-order valence-electron chi connectivity index (χ3n) is 5.44. The Morgan fingerprint density at radius 1 is 1.24 bits per heavy atom. The van der Waals surface area contributed by atoms with Gasteiger partial charge in [-0.15, -0.1) is 11.3 Å². The van der Waals surface area contributed by atoms with Crippen LogP contribution in [0.3, 0.4) is 0 Å². The van der Waals surface area contributed by atoms with E-state index < -0.39 is 10.0 Å². The SMILES string of the molecule is N#Cc1c(NC(=O)Cc2ccc(S(N)(=O)=O)cc2)sc2c1CNC(Cc1cccc(F)c1)C2. The molecule has 0 bridgehead atoms. The van der Waals surface area contributed by atoms with E-state index in [4.69, 9.17) is 5.14 Å². The van der Waals surface area contributed by atoms with E-state index in [0.717, 1.165) is 16.0 Å². The van der Waals surface area contributed by atoms with E-state index in [2.05, 4.69) is 16.7 Å². The van der Waals surface area contributed by atoms with Crippen molar-refractivity contribution in [1.29, 1.82) is 5.26 Å². The minimum Gasteiger partial charge on any atom is -0.316 e. The van der Waals surface area contributed by atoms with Crippen molar-refractivity contribution >= 4 is 32.3 Å². The number of fused-ring (bicyclic) bond motifs is 1. The van der Waals surface area contributed by atoms with E-state index >= 15 is 0 Å². The standard InChI is InChI=1S/C23H21FN4O3S2/c24-16-3-1-2-15(8-16)9-17-11-21-20(13-27-17)19(12-25)23(32-21)28-22(29)10-14-4-6-18(7-5-14)33(26,30)31/h1-8,17,27H,9-11,13H2,(H,28,29)(H2,26,30,31). The highest BCUT2D eigenvalue weighted by Crippen LogP contribution is 2.36. The van der Waals surface area contributed by atoms with E-state index in [0.29, 0.717) is 35.5 Å². The predicted octanol–water partition coefficient (Wildman–Crippen LogP) is 2.84. The largest absolute Gasteiger partial charge is 0.316 e. The molecule has 3 aromatic rings. The third kappa shape index (κ3) is 5.46. The fourth-order valence-corrected chi connectivity index (χ4v) is 5.64. The maximum Gasteiger partial charge on any atom is 0.238 e. The predicted molar refractivity (Wildman–Crippen MR) is 124 cm³/mol. The second kappa shape index (κ2) is 9.41. The summed E-state index contributed by atoms with van der Waals surface area (Å²) in [4.78, 5) is 13.6. The van der Waals surface area contributed by atoms with Crippen molar-refractivity contribution in [1.82, 2.24) is 5.32 Å². The molecule has 2 heterocycles. The number of benzene rings is 2. The molecule has 1 aliphatic rings. The molecule has 4 N–H and O–H groups in total. The Morgan fingerprint density at radius 2 is 2.00 bits per heavy atom. The summed E-state index contributed by atoms with van der Waals surface area (Å²) in [5.41, 5.74) is 2.85. The summed E-state index contributed by atoms with van der Waals surface area (Å²) in [6.07, 6.45) is 1.36. The minimum absolute atomic E-state index is 0.0235. The van der Waals surface area contributed by atoms with Crippen LogP contribution in [0.5, 0.6) is 0 Å². The van der Waals surface area contributed by atoms with Crippen LogP contribution in [0.15, 0.2) is 53.4 Å². The van der Waals surface area contributed by atoms with Crippen molar-refractivity contribution in [3.8, 4) is 6.07 Å². The van der Waals surface area contributed by atoms with E-state index in [1.54, 1.807) is 6.07 Å². The van der Waals surface area contributed by atoms with E-state index in [9.17, 15) is 22.9 Å². The van der Waals surface area contributed by atoms with Gasteiger partial charge in [-0.25, -0.2) is 17.9 Å². The van der Waals surface area contributed by atoms with Crippen LogP contribution in [-0.4, -0.2) is 20.4 Å². The van der Waals surface area contributed by atoms with Gasteiger partial charge in [-0.1, -0.05) is 24.3 Å². The molecule has 4 rings (SSSR count). The van der Waals surface area contributed by atoms with Gasteiger partial charge in [0.15, 0.2) is 0 Å². The number of nitrogens with one attached hydrogen (secondary N) is 2. The van der Waals surface area contributed by atoms with E-state index in [1.807, 2.05) is 6.07 Å². The molecule has 0 spiro atoms. The lowest BCUT2D eigenvalue weighted by Crippen LogP contribution is -2.36. The number of thiophene rings is 1. The fraction of sp³-hybridized carbons (Fsp3) is 0.217. The molecule has 0 saturated carbocycles. The van der Waals surface area contributed by atoms with Gasteiger partial charge in [-0.3, -0.25) is 4.79 Å². The van der Waals surface area contributed by atoms with Crippen molar-refractivity contribution in [2.24, 2.45) is 5.14 Å². The number of carbonyl (C=O) groups is 1. The summed E-state index contributed by atoms with van der Waals surface area (Å²) in [7, 11) is -3.79. The first kappa shape index (κ1) is 23.1. The van der Waals surface area contributed by atoms with Crippen molar-refractivity contribution < 1.29 is 17.6 Å². The Bertz CT molecular complexity index is 1350. The maximum absolute atomic E-state index is 13.5. The summed E-state index contributed by atoms with van der Waals surface area (Å²) >= 11 is 1.38. The summed E-state index contributed by atoms with van der Waals surface area (Å²) in [5.74, 6) is -0.575. The quantitative estimate of drug-likeness (QED) is 0.496. The summed E-state index contributed by atoms with van der Waals surface area (Å²) < 4.78 is 36.2. The lowest BCUT2D eigenvalue weighted by atomic mass is 9.96. The van der Waals surface area contributed by atoms with Crippen molar-refractivity contribution in [3.63, 3.8) is 0 Å². The molecule has 1 unspecified atom stereocenters. The number of hydrogen-bond acceptors (Lipinski definition) is 6. The third-order valence-corrected chi connectivity index (χ3v) is 7.54. The number of rotatable bonds is 6. The molecular formula is C23H21FN4O3S2. The average Bonchev–Trinajstić information content (AvgIpc) is 3.09. The molecule has 1 aliphatic heterocycles. The highest BCUT2D eigenvalue weighted by atomic mass is 32.2. The van der Waals surface area contributed by atoms with Gasteiger partial charge in [0, 0.05) is 17.5 Å². The number of sulfonamides is 1. The second-order valence-corrected chi connectivity index (χ2v) is 10.5. The number of nitrogens with zero attached hydrogens (tertiary/aromatic N) is 1. The normalized spacial score (nSPS) is 15.5. The number of hydrogen-bond donors (Lipinski definition) is 3. The molecule has 2 aromatic carbocycles. The summed E-state index contributed by atoms with van der Waals surface area (Å²) in [6.45, 7) is 0.500. The van der Waals surface area contributed by atoms with Crippen LogP contribution in [0, 0.1) is 17.1 Å². The molecule has 7 nitrogen and oxygen atoms in total. The smallest absolute Gasteiger partial charge is 0.238 e. The molecule has 1 aromatic heterocycles. The van der Waals surface area contributed by atoms with Crippen LogP contribution in [0.25, 0.3) is 0 Å². The monoisotopic (exact) mass is 484 g/mol. The highest BCUT2D eigenvalue weighted by molar-refractivity contribution is 7.89. The van der Waals surface area contributed by atoms with Crippen LogP contribution in [0.2, 0.25) is 0 Å². The van der Waals surface area contributed by atoms with Crippen LogP contribution in [-0.2, 0) is 40.6 Å². The minimum atomic E-state index is -3.79. The van der Waals surface area contributed by atoms with Gasteiger partial charge in [-0.05, 0) is 53.8 Å². The molecule has 1 atom stereocenters. The Hall–Kier alpha value is -3.10. The number of primary sulfonamides is 1. The lowest BCUT2D eigenvalue weighted by molar-refractivity contribution is -0.115. The molecule has 170 valence electrons. The Balaban J connectivity index is 1.44. The van der Waals surface area contributed by atoms with Crippen molar-refractivity contribution in [3.05, 3.63) is 81.5 Å². The first-order chi connectivity index (χ1) is 15.7. The lowest BCUT2D eigenvalue weighted by Gasteiger charge is -2.24. The number of nitriles is 1. The number of carbonyl (C=O) groups excluding carboxylic acids is 1. The highest BCUT2D eigenvalue weighted by Gasteiger charge is 2.26. The fourth-order valence-electron chi connectivity index (χ4n) is 3.86. The van der Waals surface area contributed by atoms with Crippen molar-refractivity contribution in [2.45, 2.75) is 36.7 Å². The number of nitrogens with two attached hydrogens (primary N) is 1. The molecule has 33 heavy (non-hydrogen) atoms. The molecule has 0 radical (unpaired) electrons.